The van der Waals surface area contributed by atoms with Crippen LogP contribution in [0.1, 0.15) is 22.4 Å². The molecule has 1 aliphatic heterocycles. The zero-order valence-corrected chi connectivity index (χ0v) is 12.4. The van der Waals surface area contributed by atoms with Gasteiger partial charge in [-0.05, 0) is 24.1 Å². The summed E-state index contributed by atoms with van der Waals surface area (Å²) in [5, 5.41) is 9.40. The number of rotatable bonds is 2. The minimum atomic E-state index is -0.484. The molecule has 0 aliphatic carbocycles. The van der Waals surface area contributed by atoms with E-state index in [1.165, 1.54) is 0 Å². The predicted octanol–water partition coefficient (Wildman–Crippen LogP) is 1.15. The van der Waals surface area contributed by atoms with Crippen LogP contribution in [0.2, 0.25) is 5.02 Å². The molecule has 0 bridgehead atoms. The number of nitriles is 1. The van der Waals surface area contributed by atoms with Crippen LogP contribution in [0.4, 0.5) is 0 Å². The molecule has 1 aromatic carbocycles. The van der Waals surface area contributed by atoms with Gasteiger partial charge in [0.2, 0.25) is 0 Å². The number of aromatic amines is 2. The highest BCUT2D eigenvalue weighted by Gasteiger charge is 2.20. The Morgan fingerprint density at radius 3 is 2.86 bits per heavy atom. The van der Waals surface area contributed by atoms with Gasteiger partial charge in [-0.3, -0.25) is 14.7 Å². The maximum absolute atomic E-state index is 11.7. The summed E-state index contributed by atoms with van der Waals surface area (Å²) < 4.78 is 0. The Morgan fingerprint density at radius 1 is 1.32 bits per heavy atom. The number of halogens is 1. The molecule has 112 valence electrons. The summed E-state index contributed by atoms with van der Waals surface area (Å²) in [6.45, 7) is 1.79. The summed E-state index contributed by atoms with van der Waals surface area (Å²) >= 11 is 6.19. The lowest BCUT2D eigenvalue weighted by molar-refractivity contribution is 0.240. The molecule has 3 rings (SSSR count). The van der Waals surface area contributed by atoms with Crippen molar-refractivity contribution in [2.24, 2.45) is 0 Å². The van der Waals surface area contributed by atoms with Crippen molar-refractivity contribution in [1.82, 2.24) is 14.9 Å². The van der Waals surface area contributed by atoms with Crippen LogP contribution in [0.5, 0.6) is 0 Å². The lowest BCUT2D eigenvalue weighted by Gasteiger charge is -2.27. The Hall–Kier alpha value is -2.36. The molecule has 1 aliphatic rings. The molecule has 0 fully saturated rings. The van der Waals surface area contributed by atoms with Crippen molar-refractivity contribution in [3.8, 4) is 6.07 Å². The van der Waals surface area contributed by atoms with Crippen LogP contribution in [0, 0.1) is 11.3 Å². The highest BCUT2D eigenvalue weighted by Crippen LogP contribution is 2.22. The van der Waals surface area contributed by atoms with Gasteiger partial charge in [-0.25, -0.2) is 4.79 Å². The standard InChI is InChI=1S/C15H13ClN4O2/c16-12-5-9(6-17)1-2-10(12)7-20-4-3-11-13(8-20)18-15(22)19-14(11)21/h1-2,5H,3-4,7-8H2,(H2,18,19,21,22). The van der Waals surface area contributed by atoms with Crippen LogP contribution in [0.25, 0.3) is 0 Å². The second kappa shape index (κ2) is 5.79. The van der Waals surface area contributed by atoms with Gasteiger partial charge < -0.3 is 4.98 Å². The SMILES string of the molecule is N#Cc1ccc(CN2CCc3c([nH]c(=O)[nH]c3=O)C2)c(Cl)c1. The topological polar surface area (TPSA) is 92.8 Å². The van der Waals surface area contributed by atoms with E-state index in [1.807, 2.05) is 12.1 Å². The molecule has 0 saturated heterocycles. The fourth-order valence-electron chi connectivity index (χ4n) is 2.65. The van der Waals surface area contributed by atoms with Crippen LogP contribution in [-0.2, 0) is 19.5 Å². The number of aromatic nitrogens is 2. The monoisotopic (exact) mass is 316 g/mol. The number of nitrogens with zero attached hydrogens (tertiary/aromatic N) is 2. The Labute approximate surface area is 131 Å². The summed E-state index contributed by atoms with van der Waals surface area (Å²) in [5.41, 5.74) is 1.94. The van der Waals surface area contributed by atoms with E-state index in [2.05, 4.69) is 14.9 Å². The van der Waals surface area contributed by atoms with E-state index < -0.39 is 5.69 Å². The second-order valence-electron chi connectivity index (χ2n) is 5.24. The smallest absolute Gasteiger partial charge is 0.310 e. The summed E-state index contributed by atoms with van der Waals surface area (Å²) in [7, 11) is 0. The molecule has 1 aromatic heterocycles. The molecule has 0 spiro atoms. The quantitative estimate of drug-likeness (QED) is 0.869. The highest BCUT2D eigenvalue weighted by atomic mass is 35.5. The third-order valence-electron chi connectivity index (χ3n) is 3.77. The van der Waals surface area contributed by atoms with Crippen molar-refractivity contribution in [2.75, 3.05) is 6.54 Å². The lowest BCUT2D eigenvalue weighted by Crippen LogP contribution is -2.38. The van der Waals surface area contributed by atoms with Gasteiger partial charge in [0.1, 0.15) is 0 Å². The van der Waals surface area contributed by atoms with Gasteiger partial charge in [0, 0.05) is 35.9 Å². The number of H-pyrrole nitrogens is 2. The van der Waals surface area contributed by atoms with E-state index in [1.54, 1.807) is 12.1 Å². The van der Waals surface area contributed by atoms with Crippen molar-refractivity contribution in [3.05, 3.63) is 66.4 Å². The van der Waals surface area contributed by atoms with Gasteiger partial charge in [-0.15, -0.1) is 0 Å². The number of fused-ring (bicyclic) bond motifs is 1. The lowest BCUT2D eigenvalue weighted by atomic mass is 10.1. The van der Waals surface area contributed by atoms with Gasteiger partial charge in [-0.2, -0.15) is 5.26 Å². The minimum Gasteiger partial charge on any atom is -0.310 e. The van der Waals surface area contributed by atoms with Crippen molar-refractivity contribution in [2.45, 2.75) is 19.5 Å². The summed E-state index contributed by atoms with van der Waals surface area (Å²) in [6, 6.07) is 7.25. The number of nitrogens with one attached hydrogen (secondary N) is 2. The molecule has 22 heavy (non-hydrogen) atoms. The Morgan fingerprint density at radius 2 is 2.14 bits per heavy atom. The van der Waals surface area contributed by atoms with E-state index in [9.17, 15) is 9.59 Å². The van der Waals surface area contributed by atoms with Crippen LogP contribution in [0.15, 0.2) is 27.8 Å². The molecule has 2 heterocycles. The van der Waals surface area contributed by atoms with Crippen LogP contribution >= 0.6 is 11.6 Å². The van der Waals surface area contributed by atoms with Crippen LogP contribution in [-0.4, -0.2) is 21.4 Å². The maximum Gasteiger partial charge on any atom is 0.325 e. The van der Waals surface area contributed by atoms with Gasteiger partial charge >= 0.3 is 5.69 Å². The van der Waals surface area contributed by atoms with Crippen LogP contribution < -0.4 is 11.2 Å². The zero-order valence-electron chi connectivity index (χ0n) is 11.6. The third-order valence-corrected chi connectivity index (χ3v) is 4.12. The first-order valence-electron chi connectivity index (χ1n) is 6.82. The van der Waals surface area contributed by atoms with Gasteiger partial charge in [0.15, 0.2) is 0 Å². The Bertz CT molecular complexity index is 878. The van der Waals surface area contributed by atoms with E-state index in [0.29, 0.717) is 47.9 Å². The van der Waals surface area contributed by atoms with Crippen molar-refractivity contribution in [3.63, 3.8) is 0 Å². The predicted molar refractivity (Wildman–Crippen MR) is 81.7 cm³/mol. The average Bonchev–Trinajstić information content (AvgIpc) is 2.48. The first kappa shape index (κ1) is 14.6. The van der Waals surface area contributed by atoms with Gasteiger partial charge in [0.05, 0.1) is 11.6 Å². The molecule has 6 nitrogen and oxygen atoms in total. The molecule has 2 aromatic rings. The fourth-order valence-corrected chi connectivity index (χ4v) is 2.89. The van der Waals surface area contributed by atoms with Crippen molar-refractivity contribution >= 4 is 11.6 Å². The fraction of sp³-hybridized carbons (Fsp3) is 0.267. The van der Waals surface area contributed by atoms with Gasteiger partial charge in [0.25, 0.3) is 5.56 Å². The molecule has 0 atom stereocenters. The number of hydrogen-bond acceptors (Lipinski definition) is 4. The molecule has 2 N–H and O–H groups in total. The Kier molecular flexibility index (Phi) is 3.84. The zero-order chi connectivity index (χ0) is 15.7. The number of benzene rings is 1. The van der Waals surface area contributed by atoms with E-state index >= 15 is 0 Å². The first-order valence-corrected chi connectivity index (χ1v) is 7.20. The summed E-state index contributed by atoms with van der Waals surface area (Å²) in [5.74, 6) is 0. The van der Waals surface area contributed by atoms with Crippen LogP contribution in [0.3, 0.4) is 0 Å². The molecular weight excluding hydrogens is 304 g/mol. The molecular formula is C15H13ClN4O2. The van der Waals surface area contributed by atoms with Gasteiger partial charge in [-0.1, -0.05) is 17.7 Å². The molecule has 0 radical (unpaired) electrons. The second-order valence-corrected chi connectivity index (χ2v) is 5.65. The van der Waals surface area contributed by atoms with Crippen molar-refractivity contribution < 1.29 is 0 Å². The maximum atomic E-state index is 11.7. The van der Waals surface area contributed by atoms with E-state index in [0.717, 1.165) is 5.56 Å². The number of hydrogen-bond donors (Lipinski definition) is 2. The molecule has 0 amide bonds. The minimum absolute atomic E-state index is 0.310. The van der Waals surface area contributed by atoms with Crippen molar-refractivity contribution in [1.29, 1.82) is 5.26 Å². The van der Waals surface area contributed by atoms with E-state index in [-0.39, 0.29) is 5.56 Å². The first-order chi connectivity index (χ1) is 10.6. The van der Waals surface area contributed by atoms with E-state index in [4.69, 9.17) is 16.9 Å². The summed E-state index contributed by atoms with van der Waals surface area (Å²) in [4.78, 5) is 30.1. The largest absolute Gasteiger partial charge is 0.325 e. The normalized spacial score (nSPS) is 14.4. The molecule has 0 unspecified atom stereocenters. The molecule has 0 saturated carbocycles. The third kappa shape index (κ3) is 2.82. The summed E-state index contributed by atoms with van der Waals surface area (Å²) in [6.07, 6.45) is 0.579. The highest BCUT2D eigenvalue weighted by molar-refractivity contribution is 6.31. The molecule has 7 heteroatoms. The Balaban J connectivity index is 1.83. The average molecular weight is 317 g/mol.